The zero-order valence-electron chi connectivity index (χ0n) is 11.8. The molecule has 1 saturated carbocycles. The Morgan fingerprint density at radius 2 is 1.56 bits per heavy atom. The lowest BCUT2D eigenvalue weighted by atomic mass is 9.84. The van der Waals surface area contributed by atoms with Gasteiger partial charge in [0, 0.05) is 12.8 Å². The second-order valence-corrected chi connectivity index (χ2v) is 4.99. The molecule has 1 aromatic rings. The molecule has 0 atom stereocenters. The summed E-state index contributed by atoms with van der Waals surface area (Å²) < 4.78 is 0. The third-order valence-electron chi connectivity index (χ3n) is 3.66. The van der Waals surface area contributed by atoms with Gasteiger partial charge in [-0.2, -0.15) is 0 Å². The number of ketones is 1. The summed E-state index contributed by atoms with van der Waals surface area (Å²) in [5.41, 5.74) is 1.55. The van der Waals surface area contributed by atoms with Crippen LogP contribution in [-0.4, -0.2) is 5.78 Å². The molecule has 0 bridgehead atoms. The van der Waals surface area contributed by atoms with Gasteiger partial charge in [0.1, 0.15) is 5.78 Å². The molecular formula is C17H26O. The molecule has 1 heteroatoms. The van der Waals surface area contributed by atoms with Gasteiger partial charge in [0.2, 0.25) is 0 Å². The van der Waals surface area contributed by atoms with E-state index in [4.69, 9.17) is 0 Å². The predicted octanol–water partition coefficient (Wildman–Crippen LogP) is 5.11. The van der Waals surface area contributed by atoms with Crippen LogP contribution in [0.15, 0.2) is 30.3 Å². The van der Waals surface area contributed by atoms with E-state index in [0.29, 0.717) is 18.6 Å². The second kappa shape index (κ2) is 8.91. The summed E-state index contributed by atoms with van der Waals surface area (Å²) in [6.45, 7) is 3.76. The Morgan fingerprint density at radius 1 is 1.00 bits per heavy atom. The largest absolute Gasteiger partial charge is 0.300 e. The predicted molar refractivity (Wildman–Crippen MR) is 77.9 cm³/mol. The van der Waals surface area contributed by atoms with E-state index in [1.54, 1.807) is 5.56 Å². The zero-order valence-corrected chi connectivity index (χ0v) is 11.8. The standard InChI is InChI=1S/C12H16.C5H10O/c1-3-7-11(8-4-1)12-9-5-2-6-10-12;1-3-5(6)4-2/h1,3-4,7-8,12H,2,5-6,9-10H2;3-4H2,1-2H3. The quantitative estimate of drug-likeness (QED) is 0.724. The van der Waals surface area contributed by atoms with Gasteiger partial charge >= 0.3 is 0 Å². The van der Waals surface area contributed by atoms with Crippen LogP contribution in [0.2, 0.25) is 0 Å². The fraction of sp³-hybridized carbons (Fsp3) is 0.588. The van der Waals surface area contributed by atoms with Gasteiger partial charge in [0.15, 0.2) is 0 Å². The molecule has 0 heterocycles. The van der Waals surface area contributed by atoms with Gasteiger partial charge in [-0.05, 0) is 24.3 Å². The topological polar surface area (TPSA) is 17.1 Å². The molecule has 0 aromatic heterocycles. The van der Waals surface area contributed by atoms with Crippen molar-refractivity contribution in [1.82, 2.24) is 0 Å². The molecule has 0 amide bonds. The van der Waals surface area contributed by atoms with Gasteiger partial charge in [0.05, 0.1) is 0 Å². The van der Waals surface area contributed by atoms with Gasteiger partial charge in [-0.1, -0.05) is 63.4 Å². The lowest BCUT2D eigenvalue weighted by Gasteiger charge is -2.21. The molecule has 1 aromatic carbocycles. The third kappa shape index (κ3) is 5.48. The van der Waals surface area contributed by atoms with E-state index in [1.807, 2.05) is 13.8 Å². The Balaban J connectivity index is 0.000000232. The Hall–Kier alpha value is -1.11. The van der Waals surface area contributed by atoms with E-state index in [0.717, 1.165) is 5.92 Å². The smallest absolute Gasteiger partial charge is 0.132 e. The molecule has 0 aliphatic heterocycles. The van der Waals surface area contributed by atoms with Crippen molar-refractivity contribution in [2.75, 3.05) is 0 Å². The summed E-state index contributed by atoms with van der Waals surface area (Å²) in [7, 11) is 0. The number of carbonyl (C=O) groups is 1. The van der Waals surface area contributed by atoms with E-state index in [2.05, 4.69) is 30.3 Å². The van der Waals surface area contributed by atoms with Crippen molar-refractivity contribution < 1.29 is 4.79 Å². The normalized spacial score (nSPS) is 15.7. The summed E-state index contributed by atoms with van der Waals surface area (Å²) in [5, 5.41) is 0. The Bertz CT molecular complexity index is 317. The van der Waals surface area contributed by atoms with Crippen molar-refractivity contribution in [2.24, 2.45) is 0 Å². The molecule has 2 rings (SSSR count). The van der Waals surface area contributed by atoms with E-state index < -0.39 is 0 Å². The van der Waals surface area contributed by atoms with Crippen molar-refractivity contribution in [1.29, 1.82) is 0 Å². The van der Waals surface area contributed by atoms with Gasteiger partial charge in [0.25, 0.3) is 0 Å². The van der Waals surface area contributed by atoms with Gasteiger partial charge in [-0.25, -0.2) is 0 Å². The maximum absolute atomic E-state index is 10.2. The second-order valence-electron chi connectivity index (χ2n) is 4.99. The van der Waals surface area contributed by atoms with Crippen LogP contribution in [0.5, 0.6) is 0 Å². The minimum Gasteiger partial charge on any atom is -0.300 e. The van der Waals surface area contributed by atoms with Gasteiger partial charge < -0.3 is 0 Å². The molecule has 0 spiro atoms. The molecule has 1 nitrogen and oxygen atoms in total. The Morgan fingerprint density at radius 3 is 2.00 bits per heavy atom. The van der Waals surface area contributed by atoms with Crippen molar-refractivity contribution in [3.8, 4) is 0 Å². The average molecular weight is 246 g/mol. The van der Waals surface area contributed by atoms with Crippen LogP contribution in [0.25, 0.3) is 0 Å². The first-order chi connectivity index (χ1) is 8.77. The van der Waals surface area contributed by atoms with Crippen LogP contribution in [-0.2, 0) is 4.79 Å². The molecule has 1 fully saturated rings. The van der Waals surface area contributed by atoms with Crippen molar-refractivity contribution >= 4 is 5.78 Å². The number of benzene rings is 1. The first kappa shape index (κ1) is 14.9. The van der Waals surface area contributed by atoms with E-state index in [-0.39, 0.29) is 0 Å². The summed E-state index contributed by atoms with van der Waals surface area (Å²) in [5.74, 6) is 1.20. The van der Waals surface area contributed by atoms with Crippen molar-refractivity contribution in [3.05, 3.63) is 35.9 Å². The molecule has 1 aliphatic carbocycles. The third-order valence-corrected chi connectivity index (χ3v) is 3.66. The highest BCUT2D eigenvalue weighted by Gasteiger charge is 2.14. The lowest BCUT2D eigenvalue weighted by Crippen LogP contribution is -2.03. The van der Waals surface area contributed by atoms with Crippen LogP contribution in [0.4, 0.5) is 0 Å². The maximum atomic E-state index is 10.2. The molecule has 0 radical (unpaired) electrons. The fourth-order valence-electron chi connectivity index (χ4n) is 2.41. The van der Waals surface area contributed by atoms with Crippen molar-refractivity contribution in [3.63, 3.8) is 0 Å². The number of Topliss-reactive ketones (excluding diaryl/α,β-unsaturated/α-hetero) is 1. The Kier molecular flexibility index (Phi) is 7.40. The zero-order chi connectivity index (χ0) is 13.2. The summed E-state index contributed by atoms with van der Waals surface area (Å²) in [6, 6.07) is 11.0. The van der Waals surface area contributed by atoms with E-state index in [9.17, 15) is 4.79 Å². The highest BCUT2D eigenvalue weighted by Crippen LogP contribution is 2.31. The number of carbonyl (C=O) groups excluding carboxylic acids is 1. The number of rotatable bonds is 3. The van der Waals surface area contributed by atoms with Gasteiger partial charge in [-0.3, -0.25) is 4.79 Å². The Labute approximate surface area is 112 Å². The van der Waals surface area contributed by atoms with Gasteiger partial charge in [-0.15, -0.1) is 0 Å². The van der Waals surface area contributed by atoms with Crippen LogP contribution in [0, 0.1) is 0 Å². The molecular weight excluding hydrogens is 220 g/mol. The molecule has 1 aliphatic rings. The minimum absolute atomic E-state index is 0.343. The van der Waals surface area contributed by atoms with Crippen LogP contribution in [0.1, 0.15) is 70.3 Å². The summed E-state index contributed by atoms with van der Waals surface area (Å²) >= 11 is 0. The first-order valence-electron chi connectivity index (χ1n) is 7.34. The SMILES string of the molecule is CCC(=O)CC.c1ccc(C2CCCCC2)cc1. The summed E-state index contributed by atoms with van der Waals surface area (Å²) in [6.07, 6.45) is 8.50. The molecule has 100 valence electrons. The van der Waals surface area contributed by atoms with E-state index >= 15 is 0 Å². The van der Waals surface area contributed by atoms with Crippen LogP contribution >= 0.6 is 0 Å². The molecule has 0 N–H and O–H groups in total. The monoisotopic (exact) mass is 246 g/mol. The molecule has 0 unspecified atom stereocenters. The van der Waals surface area contributed by atoms with Crippen LogP contribution < -0.4 is 0 Å². The van der Waals surface area contributed by atoms with Crippen molar-refractivity contribution in [2.45, 2.75) is 64.7 Å². The fourth-order valence-corrected chi connectivity index (χ4v) is 2.41. The number of hydrogen-bond acceptors (Lipinski definition) is 1. The molecule has 0 saturated heterocycles. The maximum Gasteiger partial charge on any atom is 0.132 e. The highest BCUT2D eigenvalue weighted by atomic mass is 16.1. The number of hydrogen-bond donors (Lipinski definition) is 0. The first-order valence-corrected chi connectivity index (χ1v) is 7.34. The lowest BCUT2D eigenvalue weighted by molar-refractivity contribution is -0.118. The highest BCUT2D eigenvalue weighted by molar-refractivity contribution is 5.77. The average Bonchev–Trinajstić information content (AvgIpc) is 2.49. The molecule has 18 heavy (non-hydrogen) atoms. The van der Waals surface area contributed by atoms with Crippen LogP contribution in [0.3, 0.4) is 0 Å². The minimum atomic E-state index is 0.343. The summed E-state index contributed by atoms with van der Waals surface area (Å²) in [4.78, 5) is 10.2. The van der Waals surface area contributed by atoms with E-state index in [1.165, 1.54) is 32.1 Å².